The molecule has 1 rings (SSSR count). The largest absolute Gasteiger partial charge is 0.394 e. The molecule has 0 saturated heterocycles. The lowest BCUT2D eigenvalue weighted by molar-refractivity contribution is 0.229. The van der Waals surface area contributed by atoms with Crippen molar-refractivity contribution >= 4 is 11.7 Å². The fourth-order valence-corrected chi connectivity index (χ4v) is 0.756. The fraction of sp³-hybridized carbons (Fsp3) is 0.429. The van der Waals surface area contributed by atoms with Gasteiger partial charge in [-0.2, -0.15) is 5.10 Å². The number of urea groups is 1. The number of amides is 2. The molecule has 0 aliphatic heterocycles. The summed E-state index contributed by atoms with van der Waals surface area (Å²) in [5, 5.41) is 19.9. The van der Waals surface area contributed by atoms with Crippen molar-refractivity contribution in [2.45, 2.75) is 13.0 Å². The number of anilines is 1. The monoisotopic (exact) mass is 184 g/mol. The van der Waals surface area contributed by atoms with Crippen LogP contribution in [0.25, 0.3) is 0 Å². The van der Waals surface area contributed by atoms with Crippen LogP contribution in [-0.2, 0) is 0 Å². The Bertz CT molecular complexity index is 259. The molecule has 0 radical (unpaired) electrons. The van der Waals surface area contributed by atoms with E-state index in [1.54, 1.807) is 13.1 Å². The first kappa shape index (κ1) is 9.53. The van der Waals surface area contributed by atoms with E-state index in [1.165, 1.54) is 6.20 Å². The Hall–Kier alpha value is -1.56. The number of rotatable bonds is 3. The van der Waals surface area contributed by atoms with Crippen molar-refractivity contribution in [2.24, 2.45) is 0 Å². The van der Waals surface area contributed by atoms with E-state index in [9.17, 15) is 4.79 Å². The molecule has 0 spiro atoms. The summed E-state index contributed by atoms with van der Waals surface area (Å²) in [6, 6.07) is -0.616. The molecule has 0 aliphatic carbocycles. The topological polar surface area (TPSA) is 90.0 Å². The Morgan fingerprint density at radius 3 is 3.15 bits per heavy atom. The molecule has 0 saturated carbocycles. The van der Waals surface area contributed by atoms with Crippen LogP contribution in [0.4, 0.5) is 10.5 Å². The molecule has 72 valence electrons. The number of H-pyrrole nitrogens is 1. The summed E-state index contributed by atoms with van der Waals surface area (Å²) in [4.78, 5) is 11.1. The molecule has 1 heterocycles. The van der Waals surface area contributed by atoms with Gasteiger partial charge in [0.25, 0.3) is 0 Å². The molecule has 6 nitrogen and oxygen atoms in total. The summed E-state index contributed by atoms with van der Waals surface area (Å²) < 4.78 is 0. The minimum absolute atomic E-state index is 0.0845. The van der Waals surface area contributed by atoms with Gasteiger partial charge in [-0.1, -0.05) is 0 Å². The number of nitrogens with zero attached hydrogens (tertiary/aromatic N) is 1. The Labute approximate surface area is 75.3 Å². The second-order valence-electron chi connectivity index (χ2n) is 2.67. The molecule has 2 amide bonds. The van der Waals surface area contributed by atoms with E-state index >= 15 is 0 Å². The van der Waals surface area contributed by atoms with Gasteiger partial charge in [0.05, 0.1) is 24.5 Å². The summed E-state index contributed by atoms with van der Waals surface area (Å²) in [6.45, 7) is 1.62. The van der Waals surface area contributed by atoms with Crippen LogP contribution >= 0.6 is 0 Å². The highest BCUT2D eigenvalue weighted by Crippen LogP contribution is 1.99. The first-order valence-corrected chi connectivity index (χ1v) is 3.89. The van der Waals surface area contributed by atoms with Gasteiger partial charge in [0.15, 0.2) is 0 Å². The number of aromatic amines is 1. The SMILES string of the molecule is CC(CO)NC(=O)Nc1cn[nH]c1. The van der Waals surface area contributed by atoms with Crippen molar-refractivity contribution in [3.63, 3.8) is 0 Å². The molecule has 1 atom stereocenters. The highest BCUT2D eigenvalue weighted by atomic mass is 16.3. The van der Waals surface area contributed by atoms with Crippen molar-refractivity contribution in [1.29, 1.82) is 0 Å². The summed E-state index contributed by atoms with van der Waals surface area (Å²) in [7, 11) is 0. The van der Waals surface area contributed by atoms with E-state index in [0.717, 1.165) is 0 Å². The first-order valence-electron chi connectivity index (χ1n) is 3.89. The minimum atomic E-state index is -0.358. The van der Waals surface area contributed by atoms with Gasteiger partial charge in [-0.25, -0.2) is 4.79 Å². The zero-order valence-corrected chi connectivity index (χ0v) is 7.24. The maximum atomic E-state index is 11.1. The molecule has 6 heteroatoms. The third-order valence-electron chi connectivity index (χ3n) is 1.41. The Balaban J connectivity index is 2.34. The smallest absolute Gasteiger partial charge is 0.319 e. The molecule has 4 N–H and O–H groups in total. The van der Waals surface area contributed by atoms with Crippen molar-refractivity contribution < 1.29 is 9.90 Å². The molecule has 0 aliphatic rings. The van der Waals surface area contributed by atoms with E-state index in [4.69, 9.17) is 5.11 Å². The number of aliphatic hydroxyl groups is 1. The molecule has 0 aromatic carbocycles. The van der Waals surface area contributed by atoms with Gasteiger partial charge in [-0.3, -0.25) is 5.10 Å². The molecule has 13 heavy (non-hydrogen) atoms. The predicted octanol–water partition coefficient (Wildman–Crippen LogP) is -0.0880. The highest BCUT2D eigenvalue weighted by molar-refractivity contribution is 5.89. The zero-order valence-electron chi connectivity index (χ0n) is 7.24. The normalized spacial score (nSPS) is 12.2. The second kappa shape index (κ2) is 4.46. The average molecular weight is 184 g/mol. The lowest BCUT2D eigenvalue weighted by Gasteiger charge is -2.10. The van der Waals surface area contributed by atoms with E-state index in [2.05, 4.69) is 20.8 Å². The summed E-state index contributed by atoms with van der Waals surface area (Å²) in [5.41, 5.74) is 0.586. The van der Waals surface area contributed by atoms with Gasteiger partial charge in [0.1, 0.15) is 0 Å². The van der Waals surface area contributed by atoms with Gasteiger partial charge in [0.2, 0.25) is 0 Å². The van der Waals surface area contributed by atoms with Crippen LogP contribution in [0.3, 0.4) is 0 Å². The van der Waals surface area contributed by atoms with Crippen LogP contribution in [0.5, 0.6) is 0 Å². The quantitative estimate of drug-likeness (QED) is 0.529. The van der Waals surface area contributed by atoms with Crippen molar-refractivity contribution in [3.8, 4) is 0 Å². The molecule has 0 fully saturated rings. The number of aliphatic hydroxyl groups excluding tert-OH is 1. The van der Waals surface area contributed by atoms with Gasteiger partial charge < -0.3 is 15.7 Å². The number of hydrogen-bond acceptors (Lipinski definition) is 3. The van der Waals surface area contributed by atoms with Crippen LogP contribution in [0, 0.1) is 0 Å². The number of carbonyl (C=O) groups excluding carboxylic acids is 1. The second-order valence-corrected chi connectivity index (χ2v) is 2.67. The fourth-order valence-electron chi connectivity index (χ4n) is 0.756. The number of carbonyl (C=O) groups is 1. The van der Waals surface area contributed by atoms with Crippen molar-refractivity contribution in [1.82, 2.24) is 15.5 Å². The highest BCUT2D eigenvalue weighted by Gasteiger charge is 2.05. The summed E-state index contributed by atoms with van der Waals surface area (Å²) in [5.74, 6) is 0. The third-order valence-corrected chi connectivity index (χ3v) is 1.41. The Morgan fingerprint density at radius 1 is 1.85 bits per heavy atom. The first-order chi connectivity index (χ1) is 6.22. The van der Waals surface area contributed by atoms with E-state index in [1.807, 2.05) is 0 Å². The van der Waals surface area contributed by atoms with Crippen LogP contribution < -0.4 is 10.6 Å². The maximum absolute atomic E-state index is 11.1. The summed E-state index contributed by atoms with van der Waals surface area (Å²) >= 11 is 0. The summed E-state index contributed by atoms with van der Waals surface area (Å²) in [6.07, 6.45) is 3.05. The lowest BCUT2D eigenvalue weighted by Crippen LogP contribution is -2.38. The molecule has 0 bridgehead atoms. The molecule has 1 unspecified atom stereocenters. The van der Waals surface area contributed by atoms with Crippen molar-refractivity contribution in [3.05, 3.63) is 12.4 Å². The standard InChI is InChI=1S/C7H12N4O2/c1-5(4-12)10-7(13)11-6-2-8-9-3-6/h2-3,5,12H,4H2,1H3,(H,8,9)(H2,10,11,13). The zero-order chi connectivity index (χ0) is 9.68. The van der Waals surface area contributed by atoms with Crippen molar-refractivity contribution in [2.75, 3.05) is 11.9 Å². The van der Waals surface area contributed by atoms with E-state index in [-0.39, 0.29) is 18.7 Å². The number of hydrogen-bond donors (Lipinski definition) is 4. The number of aromatic nitrogens is 2. The third kappa shape index (κ3) is 3.12. The molecular weight excluding hydrogens is 172 g/mol. The van der Waals surface area contributed by atoms with E-state index < -0.39 is 0 Å². The van der Waals surface area contributed by atoms with Gasteiger partial charge in [-0.15, -0.1) is 0 Å². The molecule has 1 aromatic heterocycles. The lowest BCUT2D eigenvalue weighted by atomic mass is 10.4. The Kier molecular flexibility index (Phi) is 3.27. The van der Waals surface area contributed by atoms with Crippen LogP contribution in [0.15, 0.2) is 12.4 Å². The molecular formula is C7H12N4O2. The maximum Gasteiger partial charge on any atom is 0.319 e. The average Bonchev–Trinajstić information content (AvgIpc) is 2.56. The minimum Gasteiger partial charge on any atom is -0.394 e. The van der Waals surface area contributed by atoms with Crippen LogP contribution in [-0.4, -0.2) is 34.0 Å². The van der Waals surface area contributed by atoms with E-state index in [0.29, 0.717) is 5.69 Å². The Morgan fingerprint density at radius 2 is 2.62 bits per heavy atom. The van der Waals surface area contributed by atoms with Crippen LogP contribution in [0.1, 0.15) is 6.92 Å². The predicted molar refractivity (Wildman–Crippen MR) is 47.3 cm³/mol. The number of nitrogens with one attached hydrogen (secondary N) is 3. The van der Waals surface area contributed by atoms with Gasteiger partial charge in [0, 0.05) is 6.20 Å². The van der Waals surface area contributed by atoms with Gasteiger partial charge >= 0.3 is 6.03 Å². The van der Waals surface area contributed by atoms with Crippen LogP contribution in [0.2, 0.25) is 0 Å². The molecule has 1 aromatic rings. The van der Waals surface area contributed by atoms with Gasteiger partial charge in [-0.05, 0) is 6.92 Å².